The highest BCUT2D eigenvalue weighted by Gasteiger charge is 2.78. The van der Waals surface area contributed by atoms with Gasteiger partial charge in [-0.3, -0.25) is 4.79 Å². The molecule has 4 saturated carbocycles. The first-order chi connectivity index (χ1) is 28.1. The summed E-state index contributed by atoms with van der Waals surface area (Å²) < 4.78 is 93.0. The highest BCUT2D eigenvalue weighted by molar-refractivity contribution is 6.01. The van der Waals surface area contributed by atoms with Crippen molar-refractivity contribution in [2.75, 3.05) is 18.0 Å². The Morgan fingerprint density at radius 1 is 0.881 bits per heavy atom. The number of rotatable bonds is 8. The van der Waals surface area contributed by atoms with Crippen LogP contribution in [0.2, 0.25) is 0 Å². The van der Waals surface area contributed by atoms with Gasteiger partial charge in [0.05, 0.1) is 22.3 Å². The minimum atomic E-state index is -5.11. The van der Waals surface area contributed by atoms with Crippen LogP contribution in [0.3, 0.4) is 0 Å². The van der Waals surface area contributed by atoms with E-state index in [1.54, 1.807) is 36.7 Å². The van der Waals surface area contributed by atoms with Gasteiger partial charge in [0.15, 0.2) is 5.69 Å². The van der Waals surface area contributed by atoms with E-state index in [1.807, 2.05) is 4.90 Å². The Bertz CT molecular complexity index is 2490. The lowest BCUT2D eigenvalue weighted by molar-refractivity contribution is -0.153. The molecular formula is C42H37F6N7O4. The first-order valence-electron chi connectivity index (χ1n) is 19.7. The van der Waals surface area contributed by atoms with Crippen molar-refractivity contribution >= 4 is 28.7 Å². The van der Waals surface area contributed by atoms with E-state index in [2.05, 4.69) is 25.3 Å². The number of alkyl halides is 6. The summed E-state index contributed by atoms with van der Waals surface area (Å²) in [6, 6.07) is 11.0. The zero-order chi connectivity index (χ0) is 41.1. The number of halogens is 6. The first-order valence-corrected chi connectivity index (χ1v) is 19.7. The van der Waals surface area contributed by atoms with Crippen molar-refractivity contribution in [1.29, 1.82) is 0 Å². The van der Waals surface area contributed by atoms with Gasteiger partial charge in [0.1, 0.15) is 23.2 Å². The lowest BCUT2D eigenvalue weighted by atomic mass is 9.53. The number of piperidine rings is 1. The van der Waals surface area contributed by atoms with Crippen LogP contribution in [0, 0.1) is 29.1 Å². The van der Waals surface area contributed by atoms with Crippen LogP contribution in [-0.2, 0) is 17.1 Å². The van der Waals surface area contributed by atoms with E-state index in [9.17, 15) is 41.0 Å². The Hall–Kier alpha value is -5.74. The standard InChI is InChI=1S/C42H37F6N7O4/c43-41(44,45)23-2-7-34(51-20-23)55-21-30(28-4-3-27(17-32(28)55)59-26-8-12-54(13-9-26)38-49-10-1-11-50-38)31-6-5-29(35(52-31)42(46,47)48)36(56)53-40(37(57)58)25-15-22-14-24-16-33(40)39(24,18-22)19-25/h1-7,10-11,17,20-22,24-26,33H,8-9,12-16,18-19H2,(H,53,56)(H,57,58). The lowest BCUT2D eigenvalue weighted by Gasteiger charge is -2.53. The molecule has 1 spiro atoms. The average Bonchev–Trinajstić information content (AvgIpc) is 3.73. The predicted octanol–water partition coefficient (Wildman–Crippen LogP) is 7.97. The molecule has 59 heavy (non-hydrogen) atoms. The molecule has 17 heteroatoms. The number of ether oxygens (including phenoxy) is 1. The van der Waals surface area contributed by atoms with Crippen molar-refractivity contribution in [2.45, 2.75) is 68.9 Å². The Morgan fingerprint density at radius 2 is 1.64 bits per heavy atom. The van der Waals surface area contributed by atoms with Gasteiger partial charge in [0.2, 0.25) is 5.95 Å². The average molecular weight is 818 g/mol. The van der Waals surface area contributed by atoms with Crippen molar-refractivity contribution in [3.05, 3.63) is 90.1 Å². The second kappa shape index (κ2) is 13.1. The molecule has 1 aromatic carbocycles. The SMILES string of the molecule is O=C(NC1(C(=O)O)C2CC3CC4CC1C4(C3)C2)c1ccc(-c2cn(-c3ccc(C(F)(F)F)cn3)c3cc(OC4CCN(c5ncccn5)CC4)ccc23)nc1C(F)(F)F. The van der Waals surface area contributed by atoms with Crippen molar-refractivity contribution < 1.29 is 45.8 Å². The number of carbonyl (C=O) groups excluding carboxylic acids is 1. The number of nitrogens with zero attached hydrogens (tertiary/aromatic N) is 6. The van der Waals surface area contributed by atoms with E-state index in [-0.39, 0.29) is 40.4 Å². The Labute approximate surface area is 332 Å². The number of hydrogen-bond donors (Lipinski definition) is 2. The second-order valence-corrected chi connectivity index (χ2v) is 16.7. The zero-order valence-electron chi connectivity index (χ0n) is 31.3. The number of amides is 1. The molecule has 10 rings (SSSR count). The third kappa shape index (κ3) is 5.93. The molecular weight excluding hydrogens is 780 g/mol. The molecule has 6 atom stereocenters. The summed E-state index contributed by atoms with van der Waals surface area (Å²) in [4.78, 5) is 45.7. The number of anilines is 1. The number of hydrogen-bond acceptors (Lipinski definition) is 8. The van der Waals surface area contributed by atoms with Crippen LogP contribution in [0.25, 0.3) is 28.0 Å². The van der Waals surface area contributed by atoms with Gasteiger partial charge in [-0.05, 0) is 104 Å². The summed E-state index contributed by atoms with van der Waals surface area (Å²) in [5, 5.41) is 13.7. The number of fused-ring (bicyclic) bond motifs is 3. The van der Waals surface area contributed by atoms with Crippen molar-refractivity contribution in [3.63, 3.8) is 0 Å². The molecule has 4 aromatic heterocycles. The Morgan fingerprint density at radius 3 is 2.34 bits per heavy atom. The molecule has 5 fully saturated rings. The quantitative estimate of drug-likeness (QED) is 0.150. The molecule has 5 heterocycles. The van der Waals surface area contributed by atoms with Gasteiger partial charge in [-0.1, -0.05) is 0 Å². The fraction of sp³-hybridized carbons (Fsp3) is 0.429. The molecule has 1 amide bonds. The Balaban J connectivity index is 0.992. The zero-order valence-corrected chi connectivity index (χ0v) is 31.3. The minimum Gasteiger partial charge on any atom is -0.490 e. The van der Waals surface area contributed by atoms with Crippen molar-refractivity contribution in [2.24, 2.45) is 29.1 Å². The van der Waals surface area contributed by atoms with Crippen molar-refractivity contribution in [1.82, 2.24) is 29.8 Å². The molecule has 4 aliphatic carbocycles. The molecule has 1 aliphatic heterocycles. The highest BCUT2D eigenvalue weighted by Crippen LogP contribution is 2.78. The number of aromatic nitrogens is 5. The fourth-order valence-electron chi connectivity index (χ4n) is 11.3. The number of carboxylic acids is 1. The Kier molecular flexibility index (Phi) is 8.35. The minimum absolute atomic E-state index is 0.0572. The maximum atomic E-state index is 14.9. The van der Waals surface area contributed by atoms with E-state index < -0.39 is 46.6 Å². The third-order valence-electron chi connectivity index (χ3n) is 13.8. The normalized spacial score (nSPS) is 27.5. The van der Waals surface area contributed by atoms with E-state index in [1.165, 1.54) is 16.8 Å². The van der Waals surface area contributed by atoms with E-state index >= 15 is 0 Å². The van der Waals surface area contributed by atoms with Gasteiger partial charge >= 0.3 is 18.3 Å². The second-order valence-electron chi connectivity index (χ2n) is 16.7. The van der Waals surface area contributed by atoms with Crippen LogP contribution in [0.1, 0.15) is 66.6 Å². The van der Waals surface area contributed by atoms with Crippen LogP contribution in [-0.4, -0.2) is 66.2 Å². The molecule has 5 aliphatic rings. The molecule has 2 N–H and O–H groups in total. The van der Waals surface area contributed by atoms with E-state index in [0.717, 1.165) is 31.0 Å². The van der Waals surface area contributed by atoms with Crippen molar-refractivity contribution in [3.8, 4) is 22.8 Å². The number of benzene rings is 1. The largest absolute Gasteiger partial charge is 0.490 e. The maximum absolute atomic E-state index is 14.9. The molecule has 5 aromatic rings. The highest BCUT2D eigenvalue weighted by atomic mass is 19.4. The molecule has 0 radical (unpaired) electrons. The number of aliphatic carboxylic acids is 1. The molecule has 306 valence electrons. The maximum Gasteiger partial charge on any atom is 0.434 e. The fourth-order valence-corrected chi connectivity index (χ4v) is 11.3. The molecule has 11 nitrogen and oxygen atoms in total. The van der Waals surface area contributed by atoms with Crippen LogP contribution >= 0.6 is 0 Å². The number of carboxylic acid groups (broad SMARTS) is 1. The van der Waals surface area contributed by atoms with E-state index in [0.29, 0.717) is 85.8 Å². The monoisotopic (exact) mass is 817 g/mol. The first kappa shape index (κ1) is 37.5. The predicted molar refractivity (Wildman–Crippen MR) is 200 cm³/mol. The molecule has 6 unspecified atom stereocenters. The summed E-state index contributed by atoms with van der Waals surface area (Å²) in [5.74, 6) is -1.27. The van der Waals surface area contributed by atoms with Crippen LogP contribution < -0.4 is 15.0 Å². The number of carbonyl (C=O) groups is 2. The molecule has 1 saturated heterocycles. The van der Waals surface area contributed by atoms with Gasteiger partial charge in [0.25, 0.3) is 5.91 Å². The van der Waals surface area contributed by atoms with E-state index in [4.69, 9.17) is 4.74 Å². The summed E-state index contributed by atoms with van der Waals surface area (Å²) in [5.41, 5.74) is -4.73. The van der Waals surface area contributed by atoms with Gasteiger partial charge in [0, 0.05) is 67.7 Å². The molecule has 3 bridgehead atoms. The van der Waals surface area contributed by atoms with Gasteiger partial charge < -0.3 is 24.6 Å². The summed E-state index contributed by atoms with van der Waals surface area (Å²) in [6.45, 7) is 1.27. The lowest BCUT2D eigenvalue weighted by Crippen LogP contribution is -2.65. The summed E-state index contributed by atoms with van der Waals surface area (Å²) in [7, 11) is 0. The van der Waals surface area contributed by atoms with Crippen LogP contribution in [0.15, 0.2) is 73.3 Å². The van der Waals surface area contributed by atoms with Crippen LogP contribution in [0.5, 0.6) is 5.75 Å². The smallest absolute Gasteiger partial charge is 0.434 e. The topological polar surface area (TPSA) is 135 Å². The summed E-state index contributed by atoms with van der Waals surface area (Å²) >= 11 is 0. The summed E-state index contributed by atoms with van der Waals surface area (Å²) in [6.07, 6.45) is 0.571. The van der Waals surface area contributed by atoms with Gasteiger partial charge in [-0.2, -0.15) is 26.3 Å². The van der Waals surface area contributed by atoms with Gasteiger partial charge in [-0.15, -0.1) is 0 Å². The third-order valence-corrected chi connectivity index (χ3v) is 13.8. The number of pyridine rings is 2. The number of nitrogens with one attached hydrogen (secondary N) is 1. The van der Waals surface area contributed by atoms with Gasteiger partial charge in [-0.25, -0.2) is 24.7 Å². The van der Waals surface area contributed by atoms with Crippen LogP contribution in [0.4, 0.5) is 32.3 Å².